The van der Waals surface area contributed by atoms with Crippen molar-refractivity contribution in [2.24, 2.45) is 0 Å². The van der Waals surface area contributed by atoms with Gasteiger partial charge in [-0.2, -0.15) is 0 Å². The van der Waals surface area contributed by atoms with Crippen LogP contribution in [0.1, 0.15) is 29.7 Å². The van der Waals surface area contributed by atoms with Crippen molar-refractivity contribution in [3.8, 4) is 0 Å². The van der Waals surface area contributed by atoms with Gasteiger partial charge >= 0.3 is 0 Å². The molecule has 2 aromatic carbocycles. The first-order valence-corrected chi connectivity index (χ1v) is 8.31. The summed E-state index contributed by atoms with van der Waals surface area (Å²) in [7, 11) is 0. The Hall–Kier alpha value is -3.08. The van der Waals surface area contributed by atoms with Gasteiger partial charge < -0.3 is 16.4 Å². The summed E-state index contributed by atoms with van der Waals surface area (Å²) in [5.74, 6) is 1.23. The molecule has 0 aliphatic carbocycles. The first kappa shape index (κ1) is 16.8. The van der Waals surface area contributed by atoms with Crippen molar-refractivity contribution in [3.05, 3.63) is 71.5 Å². The largest absolute Gasteiger partial charge is 0.393 e. The number of nitrogens with two attached hydrogens (primary N) is 1. The second-order valence-corrected chi connectivity index (χ2v) is 6.20. The van der Waals surface area contributed by atoms with Crippen LogP contribution < -0.4 is 16.4 Å². The average Bonchev–Trinajstić information content (AvgIpc) is 2.61. The van der Waals surface area contributed by atoms with E-state index in [1.807, 2.05) is 24.3 Å². The Kier molecular flexibility index (Phi) is 4.84. The van der Waals surface area contributed by atoms with Gasteiger partial charge in [0.1, 0.15) is 12.0 Å². The molecule has 0 radical (unpaired) electrons. The summed E-state index contributed by atoms with van der Waals surface area (Å²) < 4.78 is 0. The quantitative estimate of drug-likeness (QED) is 0.636. The first-order valence-electron chi connectivity index (χ1n) is 8.31. The fourth-order valence-electron chi connectivity index (χ4n) is 2.72. The van der Waals surface area contributed by atoms with E-state index in [4.69, 9.17) is 5.73 Å². The number of hydrogen-bond donors (Lipinski definition) is 3. The van der Waals surface area contributed by atoms with Crippen LogP contribution >= 0.6 is 0 Å². The fraction of sp³-hybridized carbons (Fsp3) is 0.200. The van der Waals surface area contributed by atoms with E-state index in [9.17, 15) is 0 Å². The molecule has 0 saturated heterocycles. The molecule has 1 aromatic heterocycles. The number of nitrogens with zero attached hydrogens (tertiary/aromatic N) is 2. The zero-order chi connectivity index (χ0) is 17.8. The van der Waals surface area contributed by atoms with Gasteiger partial charge in [-0.05, 0) is 38.0 Å². The lowest BCUT2D eigenvalue weighted by atomic mass is 10.1. The van der Waals surface area contributed by atoms with Crippen molar-refractivity contribution in [3.63, 3.8) is 0 Å². The van der Waals surface area contributed by atoms with Gasteiger partial charge in [0.25, 0.3) is 0 Å². The Morgan fingerprint density at radius 1 is 0.960 bits per heavy atom. The Bertz CT molecular complexity index is 861. The summed E-state index contributed by atoms with van der Waals surface area (Å²) >= 11 is 0. The minimum atomic E-state index is 0.0901. The summed E-state index contributed by atoms with van der Waals surface area (Å²) in [6.45, 7) is 6.21. The molecule has 128 valence electrons. The summed E-state index contributed by atoms with van der Waals surface area (Å²) in [5, 5.41) is 6.67. The van der Waals surface area contributed by atoms with E-state index in [2.05, 4.69) is 65.6 Å². The molecule has 3 aromatic rings. The molecular formula is C20H23N5. The minimum absolute atomic E-state index is 0.0901. The van der Waals surface area contributed by atoms with Crippen molar-refractivity contribution < 1.29 is 0 Å². The number of rotatable bonds is 5. The predicted molar refractivity (Wildman–Crippen MR) is 104 cm³/mol. The lowest BCUT2D eigenvalue weighted by Crippen LogP contribution is -2.11. The second-order valence-electron chi connectivity index (χ2n) is 6.20. The summed E-state index contributed by atoms with van der Waals surface area (Å²) in [6, 6.07) is 16.5. The lowest BCUT2D eigenvalue weighted by molar-refractivity contribution is 0.873. The van der Waals surface area contributed by atoms with Crippen molar-refractivity contribution in [2.45, 2.75) is 26.8 Å². The number of nitrogen functional groups attached to an aromatic ring is 1. The number of anilines is 4. The van der Waals surface area contributed by atoms with E-state index in [1.165, 1.54) is 17.5 Å². The smallest absolute Gasteiger partial charge is 0.159 e. The predicted octanol–water partition coefficient (Wildman–Crippen LogP) is 4.59. The van der Waals surface area contributed by atoms with Gasteiger partial charge in [-0.25, -0.2) is 9.97 Å². The molecule has 5 heteroatoms. The van der Waals surface area contributed by atoms with Gasteiger partial charge in [-0.1, -0.05) is 48.0 Å². The number of benzene rings is 2. The van der Waals surface area contributed by atoms with Crippen LogP contribution in [0.5, 0.6) is 0 Å². The van der Waals surface area contributed by atoms with E-state index in [0.29, 0.717) is 17.3 Å². The minimum Gasteiger partial charge on any atom is -0.393 e. The van der Waals surface area contributed by atoms with E-state index >= 15 is 0 Å². The molecule has 4 N–H and O–H groups in total. The van der Waals surface area contributed by atoms with E-state index in [1.54, 1.807) is 0 Å². The Morgan fingerprint density at radius 2 is 1.68 bits per heavy atom. The molecule has 0 spiro atoms. The van der Waals surface area contributed by atoms with Crippen LogP contribution in [0.2, 0.25) is 0 Å². The maximum absolute atomic E-state index is 6.29. The van der Waals surface area contributed by atoms with Crippen LogP contribution in [0.25, 0.3) is 0 Å². The summed E-state index contributed by atoms with van der Waals surface area (Å²) in [5.41, 5.74) is 11.3. The van der Waals surface area contributed by atoms with Crippen LogP contribution in [-0.4, -0.2) is 9.97 Å². The lowest BCUT2D eigenvalue weighted by Gasteiger charge is -2.18. The monoisotopic (exact) mass is 333 g/mol. The normalized spacial score (nSPS) is 11.8. The number of aromatic nitrogens is 2. The Morgan fingerprint density at radius 3 is 2.40 bits per heavy atom. The van der Waals surface area contributed by atoms with E-state index in [-0.39, 0.29) is 6.04 Å². The highest BCUT2D eigenvalue weighted by atomic mass is 15.1. The van der Waals surface area contributed by atoms with Crippen molar-refractivity contribution in [1.82, 2.24) is 9.97 Å². The van der Waals surface area contributed by atoms with Gasteiger partial charge in [-0.15, -0.1) is 0 Å². The second kappa shape index (κ2) is 7.21. The molecule has 1 unspecified atom stereocenters. The molecule has 0 fully saturated rings. The van der Waals surface area contributed by atoms with Crippen LogP contribution in [-0.2, 0) is 0 Å². The zero-order valence-corrected chi connectivity index (χ0v) is 14.7. The van der Waals surface area contributed by atoms with Gasteiger partial charge in [0.05, 0.1) is 6.04 Å². The van der Waals surface area contributed by atoms with Gasteiger partial charge in [0.15, 0.2) is 11.6 Å². The van der Waals surface area contributed by atoms with Crippen molar-refractivity contribution in [2.75, 3.05) is 16.4 Å². The average molecular weight is 333 g/mol. The maximum Gasteiger partial charge on any atom is 0.159 e. The third-order valence-electron chi connectivity index (χ3n) is 4.17. The number of nitrogens with one attached hydrogen (secondary N) is 2. The molecule has 0 aliphatic rings. The van der Waals surface area contributed by atoms with E-state index < -0.39 is 0 Å². The molecule has 1 atom stereocenters. The van der Waals surface area contributed by atoms with E-state index in [0.717, 1.165) is 11.3 Å². The van der Waals surface area contributed by atoms with Gasteiger partial charge in [-0.3, -0.25) is 0 Å². The van der Waals surface area contributed by atoms with Crippen molar-refractivity contribution in [1.29, 1.82) is 0 Å². The summed E-state index contributed by atoms with van der Waals surface area (Å²) in [6.07, 6.45) is 1.52. The van der Waals surface area contributed by atoms with Crippen LogP contribution in [0.4, 0.5) is 23.0 Å². The SMILES string of the molecule is Cc1ccc(Nc2ncnc(NC(C)c3ccccc3)c2N)c(C)c1. The molecule has 0 saturated carbocycles. The topological polar surface area (TPSA) is 75.9 Å². The Balaban J connectivity index is 1.82. The molecule has 0 amide bonds. The molecule has 0 aliphatic heterocycles. The summed E-state index contributed by atoms with van der Waals surface area (Å²) in [4.78, 5) is 8.59. The highest BCUT2D eigenvalue weighted by molar-refractivity contribution is 5.78. The molecule has 1 heterocycles. The number of aryl methyl sites for hydroxylation is 2. The zero-order valence-electron chi connectivity index (χ0n) is 14.7. The highest BCUT2D eigenvalue weighted by Gasteiger charge is 2.12. The molecule has 5 nitrogen and oxygen atoms in total. The molecule has 3 rings (SSSR count). The standard InChI is InChI=1S/C20H23N5/c1-13-9-10-17(14(2)11-13)25-20-18(21)19(22-12-23-20)24-15(3)16-7-5-4-6-8-16/h4-12,15H,21H2,1-3H3,(H2,22,23,24,25). The third kappa shape index (κ3) is 3.88. The maximum atomic E-state index is 6.29. The van der Waals surface area contributed by atoms with Gasteiger partial charge in [0.2, 0.25) is 0 Å². The molecule has 25 heavy (non-hydrogen) atoms. The van der Waals surface area contributed by atoms with Crippen LogP contribution in [0.3, 0.4) is 0 Å². The van der Waals surface area contributed by atoms with Crippen LogP contribution in [0.15, 0.2) is 54.9 Å². The fourth-order valence-corrected chi connectivity index (χ4v) is 2.72. The van der Waals surface area contributed by atoms with Crippen molar-refractivity contribution >= 4 is 23.0 Å². The first-order chi connectivity index (χ1) is 12.0. The molecular weight excluding hydrogens is 310 g/mol. The van der Waals surface area contributed by atoms with Crippen LogP contribution in [0, 0.1) is 13.8 Å². The van der Waals surface area contributed by atoms with Gasteiger partial charge in [0, 0.05) is 5.69 Å². The number of hydrogen-bond acceptors (Lipinski definition) is 5. The molecule has 0 bridgehead atoms. The highest BCUT2D eigenvalue weighted by Crippen LogP contribution is 2.29. The third-order valence-corrected chi connectivity index (χ3v) is 4.17. The Labute approximate surface area is 148 Å².